The molecular weight excluding hydrogens is 428 g/mol. The first-order valence-electron chi connectivity index (χ1n) is 9.96. The molecule has 3 aliphatic heterocycles. The van der Waals surface area contributed by atoms with Crippen molar-refractivity contribution in [3.63, 3.8) is 0 Å². The molecule has 0 unspecified atom stereocenters. The number of halogens is 3. The van der Waals surface area contributed by atoms with E-state index in [1.807, 2.05) is 13.0 Å². The summed E-state index contributed by atoms with van der Waals surface area (Å²) in [4.78, 5) is 28.6. The van der Waals surface area contributed by atoms with Gasteiger partial charge in [-0.05, 0) is 35.9 Å². The third-order valence-electron chi connectivity index (χ3n) is 6.82. The molecule has 2 fully saturated rings. The molecular formula is C22H20Cl2FN3O2. The van der Waals surface area contributed by atoms with Crippen molar-refractivity contribution >= 4 is 40.7 Å². The lowest BCUT2D eigenvalue weighted by Gasteiger charge is -2.45. The maximum atomic E-state index is 15.3. The molecule has 0 bridgehead atoms. The van der Waals surface area contributed by atoms with E-state index in [-0.39, 0.29) is 22.9 Å². The maximum Gasteiger partial charge on any atom is 0.245 e. The largest absolute Gasteiger partial charge is 0.354 e. The van der Waals surface area contributed by atoms with Crippen LogP contribution in [0.5, 0.6) is 0 Å². The van der Waals surface area contributed by atoms with Crippen LogP contribution < -0.4 is 10.6 Å². The zero-order valence-corrected chi connectivity index (χ0v) is 17.7. The van der Waals surface area contributed by atoms with Crippen molar-refractivity contribution in [2.75, 3.05) is 18.4 Å². The molecule has 2 aromatic carbocycles. The minimum Gasteiger partial charge on any atom is -0.354 e. The number of carbonyl (C=O) groups is 2. The Morgan fingerprint density at radius 2 is 2.03 bits per heavy atom. The van der Waals surface area contributed by atoms with Crippen LogP contribution in [0.3, 0.4) is 0 Å². The predicted molar refractivity (Wildman–Crippen MR) is 113 cm³/mol. The molecule has 0 aliphatic carbocycles. The van der Waals surface area contributed by atoms with Gasteiger partial charge in [0, 0.05) is 35.6 Å². The van der Waals surface area contributed by atoms with Gasteiger partial charge in [0.05, 0.1) is 10.9 Å². The van der Waals surface area contributed by atoms with Crippen molar-refractivity contribution in [3.05, 3.63) is 63.4 Å². The van der Waals surface area contributed by atoms with Crippen LogP contribution in [-0.2, 0) is 16.0 Å². The number of likely N-dealkylation sites (tertiary alicyclic amines) is 1. The van der Waals surface area contributed by atoms with Gasteiger partial charge in [-0.15, -0.1) is 0 Å². The van der Waals surface area contributed by atoms with Gasteiger partial charge < -0.3 is 10.6 Å². The molecule has 5 nitrogen and oxygen atoms in total. The molecule has 30 heavy (non-hydrogen) atoms. The molecule has 4 atom stereocenters. The molecule has 8 heteroatoms. The lowest BCUT2D eigenvalue weighted by molar-refractivity contribution is -0.129. The van der Waals surface area contributed by atoms with E-state index in [4.69, 9.17) is 23.2 Å². The predicted octanol–water partition coefficient (Wildman–Crippen LogP) is 3.60. The second-order valence-corrected chi connectivity index (χ2v) is 8.95. The number of likely N-dealkylation sites (N-methyl/N-ethyl adjacent to an activating group) is 1. The van der Waals surface area contributed by atoms with Crippen LogP contribution >= 0.6 is 23.2 Å². The van der Waals surface area contributed by atoms with Crippen molar-refractivity contribution in [1.29, 1.82) is 0 Å². The molecule has 5 rings (SSSR count). The average molecular weight is 448 g/mol. The summed E-state index contributed by atoms with van der Waals surface area (Å²) in [7, 11) is 0. The fraction of sp³-hybridized carbons (Fsp3) is 0.364. The molecule has 0 saturated carbocycles. The second kappa shape index (κ2) is 6.94. The monoisotopic (exact) mass is 447 g/mol. The summed E-state index contributed by atoms with van der Waals surface area (Å²) in [5, 5.41) is 6.39. The Balaban J connectivity index is 1.75. The first-order chi connectivity index (χ1) is 14.4. The lowest BCUT2D eigenvalue weighted by Crippen LogP contribution is -2.61. The van der Waals surface area contributed by atoms with Crippen LogP contribution in [0.25, 0.3) is 0 Å². The summed E-state index contributed by atoms with van der Waals surface area (Å²) in [6, 6.07) is 9.95. The number of rotatable bonds is 2. The smallest absolute Gasteiger partial charge is 0.245 e. The van der Waals surface area contributed by atoms with E-state index in [9.17, 15) is 9.59 Å². The second-order valence-electron chi connectivity index (χ2n) is 8.10. The van der Waals surface area contributed by atoms with Gasteiger partial charge in [-0.25, -0.2) is 4.39 Å². The third-order valence-corrected chi connectivity index (χ3v) is 7.35. The van der Waals surface area contributed by atoms with Gasteiger partial charge in [0.25, 0.3) is 0 Å². The van der Waals surface area contributed by atoms with Gasteiger partial charge in [0.1, 0.15) is 11.4 Å². The summed E-state index contributed by atoms with van der Waals surface area (Å²) < 4.78 is 15.3. The van der Waals surface area contributed by atoms with Crippen LogP contribution in [0.1, 0.15) is 24.0 Å². The zero-order valence-electron chi connectivity index (χ0n) is 16.2. The van der Waals surface area contributed by atoms with E-state index in [1.165, 1.54) is 6.07 Å². The number of nitrogens with zero attached hydrogens (tertiary/aromatic N) is 1. The van der Waals surface area contributed by atoms with Crippen molar-refractivity contribution < 1.29 is 14.0 Å². The SMILES string of the molecule is CCN1[C@H]2CNC(=O)[C@H]2[C@H](c2cccc(Cl)c2F)[C@@]12Cc1ccc(Cl)cc1NC2=O. The van der Waals surface area contributed by atoms with Crippen molar-refractivity contribution in [2.45, 2.75) is 30.8 Å². The normalized spacial score (nSPS) is 30.2. The van der Waals surface area contributed by atoms with Gasteiger partial charge in [-0.3, -0.25) is 14.5 Å². The summed E-state index contributed by atoms with van der Waals surface area (Å²) >= 11 is 12.2. The standard InChI is InChI=1S/C22H20Cl2FN3O2/c1-2-28-16-10-26-20(29)17(16)18(13-4-3-5-14(24)19(13)25)22(28)9-11-6-7-12(23)8-15(11)27-21(22)30/h3-8,16-18H,2,9-10H2,1H3,(H,26,29)(H,27,30)/t16-,17+,18-,22+/m0/s1. The van der Waals surface area contributed by atoms with Gasteiger partial charge in [-0.2, -0.15) is 0 Å². The minimum atomic E-state index is -1.10. The Kier molecular flexibility index (Phi) is 4.58. The number of hydrogen-bond acceptors (Lipinski definition) is 3. The van der Waals surface area contributed by atoms with Gasteiger partial charge in [0.2, 0.25) is 11.8 Å². The molecule has 2 amide bonds. The number of benzene rings is 2. The molecule has 3 heterocycles. The van der Waals surface area contributed by atoms with Crippen LogP contribution in [0.4, 0.5) is 10.1 Å². The lowest BCUT2D eigenvalue weighted by atomic mass is 9.69. The molecule has 156 valence electrons. The van der Waals surface area contributed by atoms with Crippen molar-refractivity contribution in [3.8, 4) is 0 Å². The highest BCUT2D eigenvalue weighted by atomic mass is 35.5. The topological polar surface area (TPSA) is 61.4 Å². The maximum absolute atomic E-state index is 15.3. The van der Waals surface area contributed by atoms with E-state index in [2.05, 4.69) is 15.5 Å². The molecule has 0 aromatic heterocycles. The quantitative estimate of drug-likeness (QED) is 0.738. The molecule has 3 aliphatic rings. The van der Waals surface area contributed by atoms with Gasteiger partial charge >= 0.3 is 0 Å². The first-order valence-corrected chi connectivity index (χ1v) is 10.7. The summed E-state index contributed by atoms with van der Waals surface area (Å²) in [6.45, 7) is 2.94. The van der Waals surface area contributed by atoms with E-state index in [0.717, 1.165) is 5.56 Å². The van der Waals surface area contributed by atoms with E-state index in [0.29, 0.717) is 35.8 Å². The van der Waals surface area contributed by atoms with Crippen LogP contribution in [-0.4, -0.2) is 41.4 Å². The van der Waals surface area contributed by atoms with Gasteiger partial charge in [0.15, 0.2) is 0 Å². The fourth-order valence-corrected chi connectivity index (χ4v) is 6.06. The number of fused-ring (bicyclic) bond motifs is 2. The number of anilines is 1. The highest BCUT2D eigenvalue weighted by Gasteiger charge is 2.67. The van der Waals surface area contributed by atoms with Crippen molar-refractivity contribution in [1.82, 2.24) is 10.2 Å². The summed E-state index contributed by atoms with van der Waals surface area (Å²) in [5.41, 5.74) is 0.762. The zero-order chi connectivity index (χ0) is 21.2. The van der Waals surface area contributed by atoms with Crippen LogP contribution in [0.2, 0.25) is 10.0 Å². The Hall–Kier alpha value is -2.15. The molecule has 1 spiro atoms. The number of nitrogens with one attached hydrogen (secondary N) is 2. The Morgan fingerprint density at radius 3 is 2.80 bits per heavy atom. The Morgan fingerprint density at radius 1 is 1.23 bits per heavy atom. The molecule has 2 saturated heterocycles. The number of amides is 2. The highest BCUT2D eigenvalue weighted by Crippen LogP contribution is 2.55. The minimum absolute atomic E-state index is 0.0176. The van der Waals surface area contributed by atoms with Crippen molar-refractivity contribution in [2.24, 2.45) is 5.92 Å². The molecule has 0 radical (unpaired) electrons. The summed E-state index contributed by atoms with van der Waals surface area (Å²) in [5.74, 6) is -2.19. The van der Waals surface area contributed by atoms with E-state index in [1.54, 1.807) is 24.3 Å². The van der Waals surface area contributed by atoms with E-state index < -0.39 is 23.2 Å². The summed E-state index contributed by atoms with van der Waals surface area (Å²) in [6.07, 6.45) is 0.357. The van der Waals surface area contributed by atoms with E-state index >= 15 is 4.39 Å². The molecule has 2 N–H and O–H groups in total. The van der Waals surface area contributed by atoms with Crippen LogP contribution in [0, 0.1) is 11.7 Å². The Labute approximate surface area is 183 Å². The third kappa shape index (κ3) is 2.57. The number of hydrogen-bond donors (Lipinski definition) is 2. The first kappa shape index (κ1) is 19.8. The van der Waals surface area contributed by atoms with Crippen LogP contribution in [0.15, 0.2) is 36.4 Å². The van der Waals surface area contributed by atoms with Gasteiger partial charge in [-0.1, -0.05) is 48.3 Å². The average Bonchev–Trinajstić information content (AvgIpc) is 3.20. The highest BCUT2D eigenvalue weighted by molar-refractivity contribution is 6.31. The number of carbonyl (C=O) groups excluding carboxylic acids is 2. The fourth-order valence-electron chi connectivity index (χ4n) is 5.71. The molecule has 2 aromatic rings. The Bertz CT molecular complexity index is 1080.